The number of rotatable bonds is 7. The summed E-state index contributed by atoms with van der Waals surface area (Å²) < 4.78 is 10.3. The summed E-state index contributed by atoms with van der Waals surface area (Å²) in [7, 11) is 0. The highest BCUT2D eigenvalue weighted by molar-refractivity contribution is 5.02. The molecule has 0 spiro atoms. The van der Waals surface area contributed by atoms with Crippen LogP contribution in [0.4, 0.5) is 0 Å². The predicted octanol–water partition coefficient (Wildman–Crippen LogP) is 2.48. The van der Waals surface area contributed by atoms with Crippen molar-refractivity contribution in [1.82, 2.24) is 5.32 Å². The molecule has 0 fully saturated rings. The fraction of sp³-hybridized carbons (Fsp3) is 0.455. The Bertz CT molecular complexity index is 244. The molecule has 1 aromatic heterocycles. The fourth-order valence-electron chi connectivity index (χ4n) is 1.20. The van der Waals surface area contributed by atoms with Gasteiger partial charge in [-0.05, 0) is 32.0 Å². The highest BCUT2D eigenvalue weighted by Crippen LogP contribution is 2.11. The van der Waals surface area contributed by atoms with Crippen molar-refractivity contribution in [2.24, 2.45) is 0 Å². The van der Waals surface area contributed by atoms with E-state index in [4.69, 9.17) is 9.15 Å². The summed E-state index contributed by atoms with van der Waals surface area (Å²) in [6, 6.07) is 4.13. The van der Waals surface area contributed by atoms with Crippen LogP contribution < -0.4 is 5.32 Å². The molecule has 0 radical (unpaired) electrons. The van der Waals surface area contributed by atoms with Crippen LogP contribution in [0.2, 0.25) is 0 Å². The Morgan fingerprint density at radius 3 is 3.21 bits per heavy atom. The smallest absolute Gasteiger partial charge is 0.120 e. The molecule has 78 valence electrons. The molecule has 0 aliphatic rings. The quantitative estimate of drug-likeness (QED) is 0.536. The van der Waals surface area contributed by atoms with Crippen LogP contribution in [0.3, 0.4) is 0 Å². The van der Waals surface area contributed by atoms with Crippen LogP contribution in [0.5, 0.6) is 0 Å². The van der Waals surface area contributed by atoms with Crippen molar-refractivity contribution < 1.29 is 9.15 Å². The number of ether oxygens (including phenoxy) is 1. The summed E-state index contributed by atoms with van der Waals surface area (Å²) in [5.74, 6) is 0.967. The van der Waals surface area contributed by atoms with Crippen molar-refractivity contribution in [3.63, 3.8) is 0 Å². The summed E-state index contributed by atoms with van der Waals surface area (Å²) in [5.41, 5.74) is 0. The minimum Gasteiger partial charge on any atom is -0.502 e. The van der Waals surface area contributed by atoms with Crippen molar-refractivity contribution in [3.8, 4) is 0 Å². The fourth-order valence-corrected chi connectivity index (χ4v) is 1.20. The molecule has 1 N–H and O–H groups in total. The summed E-state index contributed by atoms with van der Waals surface area (Å²) in [5, 5.41) is 3.34. The second-order valence-corrected chi connectivity index (χ2v) is 3.08. The molecule has 1 rings (SSSR count). The molecule has 1 aromatic rings. The van der Waals surface area contributed by atoms with Gasteiger partial charge in [-0.3, -0.25) is 0 Å². The third-order valence-corrected chi connectivity index (χ3v) is 1.98. The van der Waals surface area contributed by atoms with E-state index >= 15 is 0 Å². The topological polar surface area (TPSA) is 34.4 Å². The Labute approximate surface area is 84.8 Å². The molecule has 0 amide bonds. The normalized spacial score (nSPS) is 12.4. The third kappa shape index (κ3) is 3.66. The largest absolute Gasteiger partial charge is 0.502 e. The van der Waals surface area contributed by atoms with E-state index in [9.17, 15) is 0 Å². The van der Waals surface area contributed by atoms with Crippen molar-refractivity contribution in [2.45, 2.75) is 19.4 Å². The van der Waals surface area contributed by atoms with Gasteiger partial charge in [0.25, 0.3) is 0 Å². The van der Waals surface area contributed by atoms with Gasteiger partial charge in [0.1, 0.15) is 5.76 Å². The van der Waals surface area contributed by atoms with Gasteiger partial charge in [-0.15, -0.1) is 0 Å². The van der Waals surface area contributed by atoms with Crippen molar-refractivity contribution in [3.05, 3.63) is 37.0 Å². The first-order chi connectivity index (χ1) is 6.84. The van der Waals surface area contributed by atoms with E-state index in [1.807, 2.05) is 12.1 Å². The van der Waals surface area contributed by atoms with Gasteiger partial charge in [-0.1, -0.05) is 6.58 Å². The van der Waals surface area contributed by atoms with Crippen LogP contribution in [-0.4, -0.2) is 13.2 Å². The lowest BCUT2D eigenvalue weighted by Crippen LogP contribution is -2.20. The second-order valence-electron chi connectivity index (χ2n) is 3.08. The van der Waals surface area contributed by atoms with Gasteiger partial charge in [0.2, 0.25) is 0 Å². The maximum Gasteiger partial charge on any atom is 0.120 e. The number of hydrogen-bond donors (Lipinski definition) is 1. The average Bonchev–Trinajstić information content (AvgIpc) is 2.70. The Morgan fingerprint density at radius 1 is 1.71 bits per heavy atom. The van der Waals surface area contributed by atoms with Crippen LogP contribution in [0.15, 0.2) is 35.7 Å². The van der Waals surface area contributed by atoms with E-state index in [0.29, 0.717) is 6.61 Å². The monoisotopic (exact) mass is 195 g/mol. The summed E-state index contributed by atoms with van der Waals surface area (Å²) in [6.07, 6.45) is 4.13. The van der Waals surface area contributed by atoms with Crippen LogP contribution in [0.25, 0.3) is 0 Å². The molecule has 3 heteroatoms. The maximum atomic E-state index is 5.26. The average molecular weight is 195 g/mol. The Hall–Kier alpha value is -1.22. The molecule has 1 atom stereocenters. The molecule has 0 aliphatic heterocycles. The number of hydrogen-bond acceptors (Lipinski definition) is 3. The van der Waals surface area contributed by atoms with E-state index in [2.05, 4.69) is 18.8 Å². The standard InChI is InChI=1S/C11H17NO2/c1-3-13-8-5-7-12-10(2)11-6-4-9-14-11/h3-4,6,9-10,12H,1,5,7-8H2,2H3. The van der Waals surface area contributed by atoms with E-state index in [1.54, 1.807) is 6.26 Å². The zero-order valence-electron chi connectivity index (χ0n) is 8.53. The van der Waals surface area contributed by atoms with Crippen LogP contribution in [0.1, 0.15) is 25.1 Å². The molecule has 1 unspecified atom stereocenters. The van der Waals surface area contributed by atoms with Gasteiger partial charge in [0, 0.05) is 0 Å². The molecular weight excluding hydrogens is 178 g/mol. The van der Waals surface area contributed by atoms with Crippen LogP contribution >= 0.6 is 0 Å². The predicted molar refractivity (Wildman–Crippen MR) is 55.9 cm³/mol. The lowest BCUT2D eigenvalue weighted by Gasteiger charge is -2.10. The minimum absolute atomic E-state index is 0.258. The van der Waals surface area contributed by atoms with Crippen molar-refractivity contribution >= 4 is 0 Å². The molecule has 14 heavy (non-hydrogen) atoms. The zero-order valence-corrected chi connectivity index (χ0v) is 8.53. The molecular formula is C11H17NO2. The van der Waals surface area contributed by atoms with Crippen molar-refractivity contribution in [2.75, 3.05) is 13.2 Å². The first kappa shape index (κ1) is 10.9. The van der Waals surface area contributed by atoms with E-state index in [0.717, 1.165) is 18.7 Å². The highest BCUT2D eigenvalue weighted by atomic mass is 16.5. The van der Waals surface area contributed by atoms with Crippen molar-refractivity contribution in [1.29, 1.82) is 0 Å². The Kier molecular flexibility index (Phi) is 4.86. The van der Waals surface area contributed by atoms with E-state index < -0.39 is 0 Å². The van der Waals surface area contributed by atoms with Gasteiger partial charge in [0.05, 0.1) is 25.2 Å². The summed E-state index contributed by atoms with van der Waals surface area (Å²) in [6.45, 7) is 7.18. The molecule has 1 heterocycles. The minimum atomic E-state index is 0.258. The first-order valence-corrected chi connectivity index (χ1v) is 4.84. The van der Waals surface area contributed by atoms with Gasteiger partial charge >= 0.3 is 0 Å². The molecule has 0 saturated carbocycles. The van der Waals surface area contributed by atoms with Gasteiger partial charge < -0.3 is 14.5 Å². The number of nitrogens with one attached hydrogen (secondary N) is 1. The van der Waals surface area contributed by atoms with E-state index in [1.165, 1.54) is 6.26 Å². The van der Waals surface area contributed by atoms with Crippen LogP contribution in [-0.2, 0) is 4.74 Å². The SMILES string of the molecule is C=COCCCNC(C)c1ccco1. The summed E-state index contributed by atoms with van der Waals surface area (Å²) >= 11 is 0. The lowest BCUT2D eigenvalue weighted by atomic mass is 10.2. The number of furan rings is 1. The van der Waals surface area contributed by atoms with Gasteiger partial charge in [0.15, 0.2) is 0 Å². The molecule has 3 nitrogen and oxygen atoms in total. The van der Waals surface area contributed by atoms with Crippen LogP contribution in [0, 0.1) is 0 Å². The lowest BCUT2D eigenvalue weighted by molar-refractivity contribution is 0.242. The second kappa shape index (κ2) is 6.27. The molecule has 0 aliphatic carbocycles. The zero-order chi connectivity index (χ0) is 10.2. The van der Waals surface area contributed by atoms with Gasteiger partial charge in [-0.2, -0.15) is 0 Å². The first-order valence-electron chi connectivity index (χ1n) is 4.84. The molecule has 0 aromatic carbocycles. The third-order valence-electron chi connectivity index (χ3n) is 1.98. The van der Waals surface area contributed by atoms with Gasteiger partial charge in [-0.25, -0.2) is 0 Å². The molecule has 0 saturated heterocycles. The summed E-state index contributed by atoms with van der Waals surface area (Å²) in [4.78, 5) is 0. The Balaban J connectivity index is 2.10. The highest BCUT2D eigenvalue weighted by Gasteiger charge is 2.05. The van der Waals surface area contributed by atoms with E-state index in [-0.39, 0.29) is 6.04 Å². The maximum absolute atomic E-state index is 5.26. The Morgan fingerprint density at radius 2 is 2.57 bits per heavy atom. The molecule has 0 bridgehead atoms.